The third kappa shape index (κ3) is 3.84. The molecule has 5 nitrogen and oxygen atoms in total. The molecular formula is C8H16FN3O2S2. The Morgan fingerprint density at radius 2 is 1.94 bits per heavy atom. The highest BCUT2D eigenvalue weighted by atomic mass is 32.1. The molecule has 0 aromatic rings. The number of thiol groups is 2. The smallest absolute Gasteiger partial charge is 0.274 e. The highest BCUT2D eigenvalue weighted by Gasteiger charge is 2.37. The first-order valence-corrected chi connectivity index (χ1v) is 5.83. The topological polar surface area (TPSA) is 70.2 Å². The van der Waals surface area contributed by atoms with Crippen molar-refractivity contribution < 1.29 is 14.0 Å². The van der Waals surface area contributed by atoms with Crippen molar-refractivity contribution in [3.05, 3.63) is 0 Å². The predicted molar refractivity (Wildman–Crippen MR) is 66.6 cm³/mol. The average molecular weight is 269 g/mol. The van der Waals surface area contributed by atoms with E-state index in [0.29, 0.717) is 0 Å². The Labute approximate surface area is 105 Å². The third-order valence-electron chi connectivity index (χ3n) is 2.02. The van der Waals surface area contributed by atoms with Gasteiger partial charge in [-0.1, -0.05) is 0 Å². The number of nitrogens with one attached hydrogen (secondary N) is 3. The quantitative estimate of drug-likeness (QED) is 0.316. The number of rotatable bonds is 6. The van der Waals surface area contributed by atoms with Crippen LogP contribution in [0.3, 0.4) is 0 Å². The maximum atomic E-state index is 13.8. The van der Waals surface area contributed by atoms with Crippen LogP contribution in [-0.2, 0) is 9.59 Å². The SMILES string of the molecule is CNC(=O)[C@@H](CS)NC(=O)[C@@](F)(CS)NC. The van der Waals surface area contributed by atoms with Gasteiger partial charge in [-0.15, -0.1) is 0 Å². The molecule has 0 rings (SSSR count). The Kier molecular flexibility index (Phi) is 6.77. The second-order valence-electron chi connectivity index (χ2n) is 3.03. The molecule has 0 spiro atoms. The maximum Gasteiger partial charge on any atom is 0.274 e. The first-order valence-electron chi connectivity index (χ1n) is 4.57. The van der Waals surface area contributed by atoms with Crippen LogP contribution in [0.5, 0.6) is 0 Å². The highest BCUT2D eigenvalue weighted by Crippen LogP contribution is 2.09. The minimum atomic E-state index is -2.29. The van der Waals surface area contributed by atoms with Crippen LogP contribution in [-0.4, -0.2) is 49.2 Å². The van der Waals surface area contributed by atoms with Crippen LogP contribution >= 0.6 is 25.3 Å². The lowest BCUT2D eigenvalue weighted by Gasteiger charge is -2.24. The van der Waals surface area contributed by atoms with Crippen LogP contribution in [0, 0.1) is 0 Å². The van der Waals surface area contributed by atoms with Gasteiger partial charge in [-0.25, -0.2) is 4.39 Å². The minimum Gasteiger partial charge on any atom is -0.357 e. The molecule has 0 aliphatic carbocycles. The first-order chi connectivity index (χ1) is 7.45. The summed E-state index contributed by atoms with van der Waals surface area (Å²) in [7, 11) is 2.72. The van der Waals surface area contributed by atoms with Crippen LogP contribution in [0.1, 0.15) is 0 Å². The van der Waals surface area contributed by atoms with Gasteiger partial charge < -0.3 is 10.6 Å². The van der Waals surface area contributed by atoms with E-state index in [-0.39, 0.29) is 11.5 Å². The van der Waals surface area contributed by atoms with Crippen molar-refractivity contribution in [1.82, 2.24) is 16.0 Å². The van der Waals surface area contributed by atoms with Crippen LogP contribution < -0.4 is 16.0 Å². The van der Waals surface area contributed by atoms with Gasteiger partial charge in [0, 0.05) is 18.6 Å². The van der Waals surface area contributed by atoms with Crippen LogP contribution in [0.4, 0.5) is 4.39 Å². The van der Waals surface area contributed by atoms with Crippen LogP contribution in [0.2, 0.25) is 0 Å². The normalized spacial score (nSPS) is 16.1. The van der Waals surface area contributed by atoms with Gasteiger partial charge in [0.05, 0.1) is 0 Å². The first kappa shape index (κ1) is 15.5. The Morgan fingerprint density at radius 1 is 1.38 bits per heavy atom. The molecule has 0 heterocycles. The molecule has 8 heteroatoms. The molecule has 0 radical (unpaired) electrons. The van der Waals surface area contributed by atoms with E-state index in [1.54, 1.807) is 0 Å². The van der Waals surface area contributed by atoms with Crippen LogP contribution in [0.25, 0.3) is 0 Å². The fourth-order valence-electron chi connectivity index (χ4n) is 0.905. The zero-order valence-electron chi connectivity index (χ0n) is 9.08. The summed E-state index contributed by atoms with van der Waals surface area (Å²) >= 11 is 7.63. The van der Waals surface area contributed by atoms with E-state index >= 15 is 0 Å². The van der Waals surface area contributed by atoms with Crippen molar-refractivity contribution in [3.63, 3.8) is 0 Å². The van der Waals surface area contributed by atoms with Gasteiger partial charge in [0.15, 0.2) is 0 Å². The Bertz CT molecular complexity index is 262. The molecule has 3 N–H and O–H groups in total. The molecule has 0 aromatic carbocycles. The van der Waals surface area contributed by atoms with E-state index in [9.17, 15) is 14.0 Å². The summed E-state index contributed by atoms with van der Waals surface area (Å²) in [6.07, 6.45) is 0. The van der Waals surface area contributed by atoms with Crippen LogP contribution in [0.15, 0.2) is 0 Å². The molecular weight excluding hydrogens is 253 g/mol. The van der Waals surface area contributed by atoms with E-state index < -0.39 is 23.6 Å². The molecule has 16 heavy (non-hydrogen) atoms. The molecule has 2 amide bonds. The Hall–Kier alpha value is -0.470. The molecule has 0 aliphatic rings. The zero-order chi connectivity index (χ0) is 12.8. The van der Waals surface area contributed by atoms with E-state index in [1.807, 2.05) is 0 Å². The summed E-state index contributed by atoms with van der Waals surface area (Å²) in [6, 6.07) is -0.871. The average Bonchev–Trinajstić information content (AvgIpc) is 2.33. The Balaban J connectivity index is 4.58. The van der Waals surface area contributed by atoms with Crippen molar-refractivity contribution in [2.75, 3.05) is 25.6 Å². The lowest BCUT2D eigenvalue weighted by atomic mass is 10.2. The molecule has 0 saturated carbocycles. The standard InChI is InChI=1S/C8H16FN3O2S2/c1-10-6(13)5(3-15)12-7(14)8(9,4-16)11-2/h5,11,15-16H,3-4H2,1-2H3,(H,10,13)(H,12,14)/t5-,8-/m1/s1. The van der Waals surface area contributed by atoms with E-state index in [4.69, 9.17) is 0 Å². The largest absolute Gasteiger partial charge is 0.357 e. The van der Waals surface area contributed by atoms with Crippen molar-refractivity contribution >= 4 is 37.1 Å². The highest BCUT2D eigenvalue weighted by molar-refractivity contribution is 7.80. The molecule has 0 unspecified atom stereocenters. The molecule has 0 aromatic heterocycles. The van der Waals surface area contributed by atoms with E-state index in [2.05, 4.69) is 41.2 Å². The molecule has 0 saturated heterocycles. The second-order valence-corrected chi connectivity index (χ2v) is 3.71. The number of likely N-dealkylation sites (N-methyl/N-ethyl adjacent to an activating group) is 2. The molecule has 0 aliphatic heterocycles. The number of hydrogen-bond acceptors (Lipinski definition) is 5. The maximum absolute atomic E-state index is 13.8. The van der Waals surface area contributed by atoms with Crippen molar-refractivity contribution in [2.45, 2.75) is 11.8 Å². The third-order valence-corrected chi connectivity index (χ3v) is 2.83. The van der Waals surface area contributed by atoms with Gasteiger partial charge in [0.1, 0.15) is 6.04 Å². The fraction of sp³-hybridized carbons (Fsp3) is 0.750. The summed E-state index contributed by atoms with van der Waals surface area (Å²) in [6.45, 7) is 0. The minimum absolute atomic E-state index is 0.0811. The number of carbonyl (C=O) groups excluding carboxylic acids is 2. The van der Waals surface area contributed by atoms with E-state index in [0.717, 1.165) is 0 Å². The van der Waals surface area contributed by atoms with Gasteiger partial charge in [-0.05, 0) is 7.05 Å². The summed E-state index contributed by atoms with van der Waals surface area (Å²) in [4.78, 5) is 22.8. The molecule has 0 bridgehead atoms. The second kappa shape index (κ2) is 6.97. The predicted octanol–water partition coefficient (Wildman–Crippen LogP) is -1.04. The number of amides is 2. The number of carbonyl (C=O) groups is 2. The number of hydrogen-bond donors (Lipinski definition) is 5. The fourth-order valence-corrected chi connectivity index (χ4v) is 1.46. The van der Waals surface area contributed by atoms with Gasteiger partial charge >= 0.3 is 0 Å². The van der Waals surface area contributed by atoms with Crippen molar-refractivity contribution in [2.24, 2.45) is 0 Å². The van der Waals surface area contributed by atoms with Gasteiger partial charge in [-0.2, -0.15) is 25.3 Å². The van der Waals surface area contributed by atoms with Gasteiger partial charge in [0.2, 0.25) is 11.7 Å². The lowest BCUT2D eigenvalue weighted by Crippen LogP contribution is -2.58. The summed E-state index contributed by atoms with van der Waals surface area (Å²) in [5.74, 6) is -3.91. The molecule has 94 valence electrons. The van der Waals surface area contributed by atoms with Crippen molar-refractivity contribution in [1.29, 1.82) is 0 Å². The monoisotopic (exact) mass is 269 g/mol. The molecule has 2 atom stereocenters. The van der Waals surface area contributed by atoms with Gasteiger partial charge in [-0.3, -0.25) is 14.9 Å². The Morgan fingerprint density at radius 3 is 2.25 bits per heavy atom. The zero-order valence-corrected chi connectivity index (χ0v) is 10.9. The summed E-state index contributed by atoms with van der Waals surface area (Å²) < 4.78 is 13.8. The van der Waals surface area contributed by atoms with Crippen molar-refractivity contribution in [3.8, 4) is 0 Å². The number of alkyl halides is 1. The summed E-state index contributed by atoms with van der Waals surface area (Å²) in [5, 5.41) is 6.79. The van der Waals surface area contributed by atoms with E-state index in [1.165, 1.54) is 14.1 Å². The lowest BCUT2D eigenvalue weighted by molar-refractivity contribution is -0.136. The molecule has 0 fully saturated rings. The number of halogens is 1. The summed E-state index contributed by atoms with van der Waals surface area (Å²) in [5.41, 5.74) is 0. The van der Waals surface area contributed by atoms with Gasteiger partial charge in [0.25, 0.3) is 5.91 Å².